The first-order valence-electron chi connectivity index (χ1n) is 5.32. The van der Waals surface area contributed by atoms with Gasteiger partial charge >= 0.3 is 6.18 Å². The van der Waals surface area contributed by atoms with Crippen molar-refractivity contribution in [3.05, 3.63) is 23.9 Å². The lowest BCUT2D eigenvalue weighted by molar-refractivity contribution is -0.190. The molecule has 0 saturated heterocycles. The highest BCUT2D eigenvalue weighted by Crippen LogP contribution is 2.24. The van der Waals surface area contributed by atoms with Crippen LogP contribution in [-0.4, -0.2) is 23.8 Å². The van der Waals surface area contributed by atoms with Crippen molar-refractivity contribution in [2.45, 2.75) is 32.7 Å². The van der Waals surface area contributed by atoms with Crippen LogP contribution in [0.5, 0.6) is 5.88 Å². The summed E-state index contributed by atoms with van der Waals surface area (Å²) in [6.07, 6.45) is -4.80. The number of aromatic nitrogens is 1. The molecule has 1 aromatic rings. The van der Waals surface area contributed by atoms with Crippen molar-refractivity contribution in [3.8, 4) is 5.88 Å². The molecule has 0 aliphatic heterocycles. The van der Waals surface area contributed by atoms with E-state index in [1.807, 2.05) is 6.92 Å². The van der Waals surface area contributed by atoms with Crippen LogP contribution in [0.3, 0.4) is 0 Å². The van der Waals surface area contributed by atoms with Crippen molar-refractivity contribution >= 4 is 0 Å². The molecule has 1 unspecified atom stereocenters. The first-order valence-corrected chi connectivity index (χ1v) is 5.32. The SMILES string of the molecule is CCNCc1ccnc(OC(C)C(F)(F)F)c1. The van der Waals surface area contributed by atoms with Crippen LogP contribution < -0.4 is 10.1 Å². The molecular formula is C11H15F3N2O. The van der Waals surface area contributed by atoms with Gasteiger partial charge in [-0.2, -0.15) is 13.2 Å². The van der Waals surface area contributed by atoms with E-state index in [0.29, 0.717) is 6.54 Å². The van der Waals surface area contributed by atoms with E-state index in [2.05, 4.69) is 10.3 Å². The smallest absolute Gasteiger partial charge is 0.425 e. The molecule has 6 heteroatoms. The second-order valence-corrected chi connectivity index (χ2v) is 3.58. The first-order chi connectivity index (χ1) is 7.93. The second-order valence-electron chi connectivity index (χ2n) is 3.58. The van der Waals surface area contributed by atoms with Gasteiger partial charge in [0.2, 0.25) is 5.88 Å². The topological polar surface area (TPSA) is 34.2 Å². The number of pyridine rings is 1. The van der Waals surface area contributed by atoms with Gasteiger partial charge in [-0.1, -0.05) is 6.92 Å². The Morgan fingerprint density at radius 2 is 2.18 bits per heavy atom. The van der Waals surface area contributed by atoms with Crippen LogP contribution in [-0.2, 0) is 6.54 Å². The molecule has 1 heterocycles. The summed E-state index contributed by atoms with van der Waals surface area (Å²) in [5.41, 5.74) is 0.839. The third-order valence-electron chi connectivity index (χ3n) is 2.14. The van der Waals surface area contributed by atoms with Crippen LogP contribution in [0.1, 0.15) is 19.4 Å². The quantitative estimate of drug-likeness (QED) is 0.869. The number of nitrogens with zero attached hydrogens (tertiary/aromatic N) is 1. The number of nitrogens with one attached hydrogen (secondary N) is 1. The minimum atomic E-state index is -4.38. The largest absolute Gasteiger partial charge is 0.465 e. The maximum absolute atomic E-state index is 12.3. The standard InChI is InChI=1S/C11H15F3N2O/c1-3-15-7-9-4-5-16-10(6-9)17-8(2)11(12,13)14/h4-6,8,15H,3,7H2,1-2H3. The Hall–Kier alpha value is -1.30. The average Bonchev–Trinajstić information content (AvgIpc) is 2.25. The van der Waals surface area contributed by atoms with Crippen LogP contribution >= 0.6 is 0 Å². The summed E-state index contributed by atoms with van der Waals surface area (Å²) >= 11 is 0. The van der Waals surface area contributed by atoms with Gasteiger partial charge in [0.25, 0.3) is 0 Å². The van der Waals surface area contributed by atoms with Crippen molar-refractivity contribution in [2.24, 2.45) is 0 Å². The summed E-state index contributed by atoms with van der Waals surface area (Å²) in [6.45, 7) is 4.27. The lowest BCUT2D eigenvalue weighted by atomic mass is 10.2. The van der Waals surface area contributed by atoms with E-state index in [-0.39, 0.29) is 5.88 Å². The Morgan fingerprint density at radius 1 is 1.47 bits per heavy atom. The van der Waals surface area contributed by atoms with E-state index in [0.717, 1.165) is 19.0 Å². The van der Waals surface area contributed by atoms with Crippen LogP contribution in [0.15, 0.2) is 18.3 Å². The van der Waals surface area contributed by atoms with Gasteiger partial charge in [-0.15, -0.1) is 0 Å². The minimum absolute atomic E-state index is 0.00905. The number of alkyl halides is 3. The molecule has 0 amide bonds. The van der Waals surface area contributed by atoms with Crippen LogP contribution in [0, 0.1) is 0 Å². The van der Waals surface area contributed by atoms with E-state index in [1.54, 1.807) is 6.07 Å². The molecule has 1 atom stereocenters. The van der Waals surface area contributed by atoms with Gasteiger partial charge in [-0.3, -0.25) is 0 Å². The van der Waals surface area contributed by atoms with Crippen molar-refractivity contribution in [1.82, 2.24) is 10.3 Å². The zero-order valence-corrected chi connectivity index (χ0v) is 9.71. The third-order valence-corrected chi connectivity index (χ3v) is 2.14. The summed E-state index contributed by atoms with van der Waals surface area (Å²) in [4.78, 5) is 3.75. The maximum atomic E-state index is 12.3. The van der Waals surface area contributed by atoms with Crippen LogP contribution in [0.2, 0.25) is 0 Å². The first kappa shape index (κ1) is 13.8. The van der Waals surface area contributed by atoms with Crippen LogP contribution in [0.4, 0.5) is 13.2 Å². The number of hydrogen-bond acceptors (Lipinski definition) is 3. The fourth-order valence-electron chi connectivity index (χ4n) is 1.14. The zero-order chi connectivity index (χ0) is 12.9. The van der Waals surface area contributed by atoms with Gasteiger partial charge < -0.3 is 10.1 Å². The lowest BCUT2D eigenvalue weighted by Gasteiger charge is -2.17. The molecule has 0 aliphatic rings. The Bertz CT molecular complexity index is 355. The van der Waals surface area contributed by atoms with E-state index in [9.17, 15) is 13.2 Å². The molecule has 0 aromatic carbocycles. The van der Waals surface area contributed by atoms with E-state index in [1.165, 1.54) is 12.3 Å². The summed E-state index contributed by atoms with van der Waals surface area (Å²) in [6, 6.07) is 3.23. The maximum Gasteiger partial charge on any atom is 0.425 e. The number of rotatable bonds is 5. The van der Waals surface area contributed by atoms with E-state index in [4.69, 9.17) is 4.74 Å². The molecule has 0 bridgehead atoms. The number of ether oxygens (including phenoxy) is 1. The molecule has 0 radical (unpaired) electrons. The predicted molar refractivity (Wildman–Crippen MR) is 57.8 cm³/mol. The molecule has 1 N–H and O–H groups in total. The van der Waals surface area contributed by atoms with Gasteiger partial charge in [-0.05, 0) is 25.1 Å². The Kier molecular flexibility index (Phi) is 4.74. The summed E-state index contributed by atoms with van der Waals surface area (Å²) in [5.74, 6) is -0.00905. The van der Waals surface area contributed by atoms with Gasteiger partial charge in [0, 0.05) is 18.8 Å². The summed E-state index contributed by atoms with van der Waals surface area (Å²) < 4.78 is 41.6. The third kappa shape index (κ3) is 4.60. The van der Waals surface area contributed by atoms with Crippen molar-refractivity contribution in [2.75, 3.05) is 6.54 Å². The van der Waals surface area contributed by atoms with Crippen molar-refractivity contribution in [1.29, 1.82) is 0 Å². The molecular weight excluding hydrogens is 233 g/mol. The molecule has 0 aliphatic carbocycles. The Labute approximate surface area is 98.0 Å². The second kappa shape index (κ2) is 5.86. The van der Waals surface area contributed by atoms with Gasteiger partial charge in [0.1, 0.15) is 0 Å². The highest BCUT2D eigenvalue weighted by molar-refractivity contribution is 5.20. The number of hydrogen-bond donors (Lipinski definition) is 1. The Balaban J connectivity index is 2.65. The van der Waals surface area contributed by atoms with Crippen molar-refractivity contribution < 1.29 is 17.9 Å². The highest BCUT2D eigenvalue weighted by Gasteiger charge is 2.38. The fraction of sp³-hybridized carbons (Fsp3) is 0.545. The Morgan fingerprint density at radius 3 is 2.76 bits per heavy atom. The molecule has 1 aromatic heterocycles. The lowest BCUT2D eigenvalue weighted by Crippen LogP contribution is -2.31. The van der Waals surface area contributed by atoms with Gasteiger partial charge in [0.05, 0.1) is 0 Å². The normalized spacial score (nSPS) is 13.5. The summed E-state index contributed by atoms with van der Waals surface area (Å²) in [5, 5.41) is 3.07. The fourth-order valence-corrected chi connectivity index (χ4v) is 1.14. The molecule has 3 nitrogen and oxygen atoms in total. The van der Waals surface area contributed by atoms with Gasteiger partial charge in [0.15, 0.2) is 6.10 Å². The van der Waals surface area contributed by atoms with Crippen LogP contribution in [0.25, 0.3) is 0 Å². The monoisotopic (exact) mass is 248 g/mol. The molecule has 1 rings (SSSR count). The van der Waals surface area contributed by atoms with Gasteiger partial charge in [-0.25, -0.2) is 4.98 Å². The predicted octanol–water partition coefficient (Wildman–Crippen LogP) is 2.52. The number of halogens is 3. The van der Waals surface area contributed by atoms with E-state index < -0.39 is 12.3 Å². The average molecular weight is 248 g/mol. The van der Waals surface area contributed by atoms with Crippen molar-refractivity contribution in [3.63, 3.8) is 0 Å². The molecule has 17 heavy (non-hydrogen) atoms. The molecule has 0 fully saturated rings. The zero-order valence-electron chi connectivity index (χ0n) is 9.71. The summed E-state index contributed by atoms with van der Waals surface area (Å²) in [7, 11) is 0. The molecule has 96 valence electrons. The molecule has 0 saturated carbocycles. The highest BCUT2D eigenvalue weighted by atomic mass is 19.4. The van der Waals surface area contributed by atoms with E-state index >= 15 is 0 Å². The minimum Gasteiger partial charge on any atom is -0.465 e. The molecule has 0 spiro atoms.